The highest BCUT2D eigenvalue weighted by molar-refractivity contribution is 5.67. The Balaban J connectivity index is 1.79. The van der Waals surface area contributed by atoms with Gasteiger partial charge in [0.15, 0.2) is 0 Å². The first kappa shape index (κ1) is 16.8. The van der Waals surface area contributed by atoms with Gasteiger partial charge in [-0.3, -0.25) is 0 Å². The molecule has 2 rings (SSSR count). The Hall–Kier alpha value is -2.53. The fourth-order valence-corrected chi connectivity index (χ4v) is 1.98. The number of amides is 1. The van der Waals surface area contributed by atoms with Crippen molar-refractivity contribution in [2.24, 2.45) is 5.84 Å². The molecule has 1 atom stereocenters. The van der Waals surface area contributed by atoms with Crippen LogP contribution in [0.2, 0.25) is 0 Å². The van der Waals surface area contributed by atoms with E-state index in [-0.39, 0.29) is 12.6 Å². The van der Waals surface area contributed by atoms with Crippen molar-refractivity contribution in [2.45, 2.75) is 26.5 Å². The second kappa shape index (κ2) is 8.19. The van der Waals surface area contributed by atoms with Crippen molar-refractivity contribution in [3.8, 4) is 5.75 Å². The van der Waals surface area contributed by atoms with Crippen LogP contribution in [0.3, 0.4) is 0 Å². The molecule has 0 radical (unpaired) electrons. The van der Waals surface area contributed by atoms with Crippen molar-refractivity contribution in [3.05, 3.63) is 65.7 Å². The van der Waals surface area contributed by atoms with Crippen molar-refractivity contribution in [3.63, 3.8) is 0 Å². The minimum Gasteiger partial charge on any atom is -0.491 e. The summed E-state index contributed by atoms with van der Waals surface area (Å²) in [6.07, 6.45) is -0.575. The van der Waals surface area contributed by atoms with Crippen LogP contribution < -0.4 is 10.6 Å². The molecule has 5 nitrogen and oxygen atoms in total. The Bertz CT molecular complexity index is 631. The van der Waals surface area contributed by atoms with Crippen LogP contribution in [0.1, 0.15) is 18.1 Å². The lowest BCUT2D eigenvalue weighted by Gasteiger charge is -2.23. The van der Waals surface area contributed by atoms with Gasteiger partial charge in [0.25, 0.3) is 0 Å². The summed E-state index contributed by atoms with van der Waals surface area (Å²) in [5, 5.41) is 1.05. The zero-order chi connectivity index (χ0) is 16.7. The molecular formula is C18H22N2O3. The van der Waals surface area contributed by atoms with Crippen LogP contribution in [0.4, 0.5) is 4.79 Å². The first-order valence-electron chi connectivity index (χ1n) is 7.50. The summed E-state index contributed by atoms with van der Waals surface area (Å²) >= 11 is 0. The summed E-state index contributed by atoms with van der Waals surface area (Å²) in [4.78, 5) is 11.9. The number of hydrogen-bond donors (Lipinski definition) is 1. The van der Waals surface area contributed by atoms with Crippen molar-refractivity contribution in [1.29, 1.82) is 0 Å². The maximum Gasteiger partial charge on any atom is 0.424 e. The molecule has 0 bridgehead atoms. The summed E-state index contributed by atoms with van der Waals surface area (Å²) < 4.78 is 10.8. The molecule has 0 aliphatic rings. The lowest BCUT2D eigenvalue weighted by atomic mass is 10.2. The van der Waals surface area contributed by atoms with Gasteiger partial charge in [0.1, 0.15) is 19.0 Å². The van der Waals surface area contributed by atoms with Crippen molar-refractivity contribution in [2.75, 3.05) is 6.61 Å². The van der Waals surface area contributed by atoms with Crippen LogP contribution in [0.5, 0.6) is 5.75 Å². The predicted molar refractivity (Wildman–Crippen MR) is 88.8 cm³/mol. The highest BCUT2D eigenvalue weighted by Gasteiger charge is 2.18. The molecule has 122 valence electrons. The largest absolute Gasteiger partial charge is 0.491 e. The number of rotatable bonds is 6. The Labute approximate surface area is 136 Å². The summed E-state index contributed by atoms with van der Waals surface area (Å²) in [5.74, 6) is 6.55. The average Bonchev–Trinajstić information content (AvgIpc) is 2.58. The Morgan fingerprint density at radius 3 is 2.61 bits per heavy atom. The maximum atomic E-state index is 11.9. The molecule has 2 aromatic carbocycles. The molecule has 0 aliphatic heterocycles. The number of aryl methyl sites for hydroxylation is 1. The van der Waals surface area contributed by atoms with E-state index in [2.05, 4.69) is 0 Å². The van der Waals surface area contributed by atoms with Gasteiger partial charge in [-0.1, -0.05) is 42.5 Å². The van der Waals surface area contributed by atoms with Crippen LogP contribution >= 0.6 is 0 Å². The molecule has 1 amide bonds. The van der Waals surface area contributed by atoms with Gasteiger partial charge in [0.2, 0.25) is 0 Å². The summed E-state index contributed by atoms with van der Waals surface area (Å²) in [6.45, 7) is 4.28. The van der Waals surface area contributed by atoms with E-state index in [4.69, 9.17) is 15.3 Å². The fourth-order valence-electron chi connectivity index (χ4n) is 1.98. The molecule has 2 aromatic rings. The van der Waals surface area contributed by atoms with E-state index in [1.54, 1.807) is 6.92 Å². The Kier molecular flexibility index (Phi) is 6.00. The van der Waals surface area contributed by atoms with Gasteiger partial charge in [-0.15, -0.1) is 0 Å². The van der Waals surface area contributed by atoms with Crippen LogP contribution in [0.15, 0.2) is 54.6 Å². The van der Waals surface area contributed by atoms with E-state index in [1.165, 1.54) is 0 Å². The normalized spacial score (nSPS) is 11.6. The molecule has 2 N–H and O–H groups in total. The van der Waals surface area contributed by atoms with E-state index in [0.29, 0.717) is 6.61 Å². The molecule has 0 fully saturated rings. The third-order valence-corrected chi connectivity index (χ3v) is 3.37. The van der Waals surface area contributed by atoms with Gasteiger partial charge < -0.3 is 9.47 Å². The molecule has 0 aliphatic carbocycles. The highest BCUT2D eigenvalue weighted by Crippen LogP contribution is 2.13. The topological polar surface area (TPSA) is 64.8 Å². The fraction of sp³-hybridized carbons (Fsp3) is 0.278. The molecule has 23 heavy (non-hydrogen) atoms. The lowest BCUT2D eigenvalue weighted by Crippen LogP contribution is -2.47. The summed E-state index contributed by atoms with van der Waals surface area (Å²) in [5.41, 5.74) is 2.03. The van der Waals surface area contributed by atoms with E-state index in [0.717, 1.165) is 21.9 Å². The number of carbonyl (C=O) groups excluding carboxylic acids is 1. The van der Waals surface area contributed by atoms with E-state index >= 15 is 0 Å². The minimum atomic E-state index is -0.575. The highest BCUT2D eigenvalue weighted by atomic mass is 16.6. The number of nitrogens with zero attached hydrogens (tertiary/aromatic N) is 1. The zero-order valence-electron chi connectivity index (χ0n) is 13.4. The monoisotopic (exact) mass is 314 g/mol. The number of hydrazine groups is 1. The molecule has 0 spiro atoms. The second-order valence-electron chi connectivity index (χ2n) is 5.42. The summed E-state index contributed by atoms with van der Waals surface area (Å²) in [7, 11) is 0. The molecular weight excluding hydrogens is 292 g/mol. The van der Waals surface area contributed by atoms with Gasteiger partial charge in [-0.2, -0.15) is 0 Å². The first-order chi connectivity index (χ1) is 11.1. The van der Waals surface area contributed by atoms with E-state index in [9.17, 15) is 4.79 Å². The molecule has 0 saturated carbocycles. The number of hydrogen-bond acceptors (Lipinski definition) is 4. The maximum absolute atomic E-state index is 11.9. The Morgan fingerprint density at radius 1 is 1.17 bits per heavy atom. The number of ether oxygens (including phenoxy) is 2. The average molecular weight is 314 g/mol. The van der Waals surface area contributed by atoms with Crippen LogP contribution in [0.25, 0.3) is 0 Å². The zero-order valence-corrected chi connectivity index (χ0v) is 13.4. The van der Waals surface area contributed by atoms with Gasteiger partial charge in [0, 0.05) is 0 Å². The van der Waals surface area contributed by atoms with Gasteiger partial charge in [-0.25, -0.2) is 15.6 Å². The smallest absolute Gasteiger partial charge is 0.424 e. The van der Waals surface area contributed by atoms with Crippen LogP contribution in [0, 0.1) is 6.92 Å². The first-order valence-corrected chi connectivity index (χ1v) is 7.50. The summed E-state index contributed by atoms with van der Waals surface area (Å²) in [6, 6.07) is 16.9. The van der Waals surface area contributed by atoms with Crippen molar-refractivity contribution < 1.29 is 14.3 Å². The predicted octanol–water partition coefficient (Wildman–Crippen LogP) is 3.27. The quantitative estimate of drug-likeness (QED) is 0.505. The van der Waals surface area contributed by atoms with Crippen LogP contribution in [-0.4, -0.2) is 23.8 Å². The SMILES string of the molecule is Cc1cccc(OCC(C)N(N)C(=O)OCc2ccccc2)c1. The van der Waals surface area contributed by atoms with Gasteiger partial charge >= 0.3 is 6.09 Å². The van der Waals surface area contributed by atoms with Crippen molar-refractivity contribution >= 4 is 6.09 Å². The standard InChI is InChI=1S/C18H22N2O3/c1-14-7-6-10-17(11-14)22-12-15(2)20(19)18(21)23-13-16-8-4-3-5-9-16/h3-11,15H,12-13,19H2,1-2H3. The number of carbonyl (C=O) groups is 1. The number of benzene rings is 2. The third kappa shape index (κ3) is 5.30. The molecule has 0 aromatic heterocycles. The van der Waals surface area contributed by atoms with Gasteiger partial charge in [0.05, 0.1) is 6.04 Å². The third-order valence-electron chi connectivity index (χ3n) is 3.37. The molecule has 0 heterocycles. The van der Waals surface area contributed by atoms with E-state index < -0.39 is 6.09 Å². The van der Waals surface area contributed by atoms with E-state index in [1.807, 2.05) is 61.5 Å². The minimum absolute atomic E-state index is 0.193. The molecule has 1 unspecified atom stereocenters. The van der Waals surface area contributed by atoms with Crippen molar-refractivity contribution in [1.82, 2.24) is 5.01 Å². The van der Waals surface area contributed by atoms with Gasteiger partial charge in [-0.05, 0) is 37.1 Å². The molecule has 5 heteroatoms. The lowest BCUT2D eigenvalue weighted by molar-refractivity contribution is 0.0719. The number of nitrogens with two attached hydrogens (primary N) is 1. The molecule has 0 saturated heterocycles. The second-order valence-corrected chi connectivity index (χ2v) is 5.42. The van der Waals surface area contributed by atoms with Crippen LogP contribution in [-0.2, 0) is 11.3 Å². The Morgan fingerprint density at radius 2 is 1.91 bits per heavy atom.